The van der Waals surface area contributed by atoms with E-state index >= 15 is 0 Å². The number of aryl methyl sites for hydroxylation is 1. The number of nitrogens with one attached hydrogen (secondary N) is 2. The third-order valence-corrected chi connectivity index (χ3v) is 9.28. The van der Waals surface area contributed by atoms with Gasteiger partial charge < -0.3 is 15.0 Å². The quantitative estimate of drug-likeness (QED) is 0.108. The molecule has 4 rings (SSSR count). The maximum absolute atomic E-state index is 13.9. The van der Waals surface area contributed by atoms with Crippen molar-refractivity contribution in [3.8, 4) is 11.8 Å². The van der Waals surface area contributed by atoms with Crippen molar-refractivity contribution >= 4 is 46.6 Å². The van der Waals surface area contributed by atoms with Crippen LogP contribution < -0.4 is 15.0 Å². The summed E-state index contributed by atoms with van der Waals surface area (Å²) in [6.07, 6.45) is 3.71. The van der Waals surface area contributed by atoms with Gasteiger partial charge >= 0.3 is 6.18 Å². The first-order chi connectivity index (χ1) is 22.8. The van der Waals surface area contributed by atoms with Gasteiger partial charge in [0.15, 0.2) is 5.78 Å². The van der Waals surface area contributed by atoms with E-state index in [4.69, 9.17) is 27.6 Å². The first kappa shape index (κ1) is 36.5. The number of ketones is 1. The number of nitrogens with zero attached hydrogens (tertiary/aromatic N) is 3. The van der Waals surface area contributed by atoms with Gasteiger partial charge in [-0.1, -0.05) is 44.5 Å². The smallest absolute Gasteiger partial charge is 0.417 e. The number of aliphatic imine (C=N–C) groups is 1. The zero-order valence-corrected chi connectivity index (χ0v) is 28.2. The van der Waals surface area contributed by atoms with Crippen LogP contribution >= 0.6 is 12.2 Å². The maximum Gasteiger partial charge on any atom is 0.417 e. The summed E-state index contributed by atoms with van der Waals surface area (Å²) >= 11 is 6.06. The number of nitriles is 1. The average Bonchev–Trinajstić information content (AvgIpc) is 3.53. The van der Waals surface area contributed by atoms with Crippen LogP contribution in [-0.4, -0.2) is 40.9 Å². The van der Waals surface area contributed by atoms with Crippen molar-refractivity contribution in [2.24, 2.45) is 10.9 Å². The van der Waals surface area contributed by atoms with Gasteiger partial charge in [0.2, 0.25) is 0 Å². The Morgan fingerprint density at radius 1 is 1.23 bits per heavy atom. The molecule has 1 spiro atoms. The molecule has 1 saturated carbocycles. The van der Waals surface area contributed by atoms with Gasteiger partial charge in [0.25, 0.3) is 5.91 Å². The zero-order valence-electron chi connectivity index (χ0n) is 27.4. The number of thiocarbonyl (C=S) groups is 1. The number of unbranched alkanes of at least 4 members (excludes halogenated alkanes) is 1. The molecule has 1 aliphatic carbocycles. The lowest BCUT2D eigenvalue weighted by Gasteiger charge is -2.48. The van der Waals surface area contributed by atoms with Crippen LogP contribution in [0.2, 0.25) is 0 Å². The van der Waals surface area contributed by atoms with Crippen LogP contribution in [0.5, 0.6) is 5.75 Å². The first-order valence-electron chi connectivity index (χ1n) is 16.2. The van der Waals surface area contributed by atoms with Gasteiger partial charge in [0.1, 0.15) is 17.1 Å². The van der Waals surface area contributed by atoms with E-state index in [1.807, 2.05) is 18.7 Å². The minimum Gasteiger partial charge on any atom is -0.493 e. The number of amidine groups is 1. The van der Waals surface area contributed by atoms with E-state index in [1.165, 1.54) is 18.2 Å². The number of rotatable bonds is 11. The van der Waals surface area contributed by atoms with E-state index in [-0.39, 0.29) is 24.5 Å². The number of anilines is 1. The molecule has 1 amide bonds. The molecule has 48 heavy (non-hydrogen) atoms. The van der Waals surface area contributed by atoms with Gasteiger partial charge in [-0.3, -0.25) is 20.0 Å². The fourth-order valence-corrected chi connectivity index (χ4v) is 6.91. The van der Waals surface area contributed by atoms with Crippen LogP contribution in [0.4, 0.5) is 18.9 Å². The summed E-state index contributed by atoms with van der Waals surface area (Å²) in [5.41, 5.74) is -0.507. The van der Waals surface area contributed by atoms with Crippen molar-refractivity contribution in [3.05, 3.63) is 70.4 Å². The maximum atomic E-state index is 13.9. The number of amides is 1. The molecule has 0 radical (unpaired) electrons. The molecule has 2 N–H and O–H groups in total. The number of benzene rings is 2. The monoisotopic (exact) mass is 679 g/mol. The highest BCUT2D eigenvalue weighted by Gasteiger charge is 2.52. The summed E-state index contributed by atoms with van der Waals surface area (Å²) in [5.74, 6) is -0.733. The summed E-state index contributed by atoms with van der Waals surface area (Å²) in [7, 11) is 0. The van der Waals surface area contributed by atoms with Crippen molar-refractivity contribution in [2.75, 3.05) is 11.5 Å². The molecule has 1 aliphatic heterocycles. The molecular formula is C36H40F3N5O3S. The van der Waals surface area contributed by atoms with E-state index in [9.17, 15) is 22.8 Å². The van der Waals surface area contributed by atoms with Gasteiger partial charge in [0, 0.05) is 36.0 Å². The number of carbonyl (C=O) groups is 2. The number of allylic oxidation sites excluding steroid dienone is 1. The number of alkyl halides is 3. The van der Waals surface area contributed by atoms with Crippen molar-refractivity contribution in [1.29, 1.82) is 10.7 Å². The van der Waals surface area contributed by atoms with Crippen LogP contribution in [0, 0.1) is 22.7 Å². The van der Waals surface area contributed by atoms with Crippen molar-refractivity contribution in [3.63, 3.8) is 0 Å². The summed E-state index contributed by atoms with van der Waals surface area (Å²) in [5, 5.41) is 20.5. The van der Waals surface area contributed by atoms with Gasteiger partial charge in [-0.2, -0.15) is 18.4 Å². The Bertz CT molecular complexity index is 1670. The summed E-state index contributed by atoms with van der Waals surface area (Å²) < 4.78 is 46.6. The van der Waals surface area contributed by atoms with Crippen LogP contribution in [0.3, 0.4) is 0 Å². The van der Waals surface area contributed by atoms with Crippen molar-refractivity contribution < 1.29 is 27.5 Å². The second kappa shape index (κ2) is 15.7. The predicted octanol–water partition coefficient (Wildman–Crippen LogP) is 7.86. The van der Waals surface area contributed by atoms with Gasteiger partial charge in [-0.05, 0) is 81.8 Å². The molecule has 2 aromatic rings. The Hall–Kier alpha value is -4.37. The number of carbonyl (C=O) groups excluding carboxylic acids is 2. The Morgan fingerprint density at radius 3 is 2.60 bits per heavy atom. The van der Waals surface area contributed by atoms with Crippen LogP contribution in [-0.2, 0) is 22.2 Å². The van der Waals surface area contributed by atoms with Gasteiger partial charge in [0.05, 0.1) is 34.4 Å². The topological polar surface area (TPSA) is 119 Å². The van der Waals surface area contributed by atoms with Crippen LogP contribution in [0.15, 0.2) is 53.2 Å². The molecular weight excluding hydrogens is 639 g/mol. The lowest BCUT2D eigenvalue weighted by Crippen LogP contribution is -2.61. The second-order valence-corrected chi connectivity index (χ2v) is 12.5. The Labute approximate surface area is 284 Å². The normalized spacial score (nSPS) is 18.0. The molecule has 1 unspecified atom stereocenters. The first-order valence-corrected chi connectivity index (χ1v) is 16.6. The highest BCUT2D eigenvalue weighted by molar-refractivity contribution is 7.80. The Balaban J connectivity index is 1.65. The van der Waals surface area contributed by atoms with Gasteiger partial charge in [-0.15, -0.1) is 0 Å². The lowest BCUT2D eigenvalue weighted by atomic mass is 9.77. The molecule has 1 heterocycles. The number of Topliss-reactive ketones (excluding diaryl/α,β-unsaturated/α-hetero) is 1. The van der Waals surface area contributed by atoms with Crippen LogP contribution in [0.25, 0.3) is 0 Å². The predicted molar refractivity (Wildman–Crippen MR) is 184 cm³/mol. The molecule has 1 atom stereocenters. The lowest BCUT2D eigenvalue weighted by molar-refractivity contribution is -0.137. The summed E-state index contributed by atoms with van der Waals surface area (Å²) in [6, 6.07) is 10.5. The van der Waals surface area contributed by atoms with Gasteiger partial charge in [-0.25, -0.2) is 0 Å². The third kappa shape index (κ3) is 8.19. The number of halogens is 3. The minimum absolute atomic E-state index is 0.0254. The standard InChI is InChI=1S/C36H40F3N5O3S/c1-4-6-17-42-23(3)18-32(46)43-33(41)28-21-27(13-14-30(28)47-5-2)44-34(48)25(20-31(45)35(44)15-7-8-16-35)11-9-24-10-12-26(22-40)29(19-24)36(37,38)39/h10,12-14,17-19,21,25H,4-9,11,15-16,20H2,1-3H3,(H2,41,43,46)/b23-18+,42-17+. The largest absolute Gasteiger partial charge is 0.493 e. The molecule has 12 heteroatoms. The number of ether oxygens (including phenoxy) is 1. The molecule has 8 nitrogen and oxygen atoms in total. The Kier molecular flexibility index (Phi) is 11.9. The van der Waals surface area contributed by atoms with E-state index in [0.717, 1.165) is 31.7 Å². The third-order valence-electron chi connectivity index (χ3n) is 8.76. The van der Waals surface area contributed by atoms with E-state index in [2.05, 4.69) is 10.3 Å². The fraction of sp³-hybridized carbons (Fsp3) is 0.444. The van der Waals surface area contributed by atoms with E-state index < -0.39 is 34.7 Å². The van der Waals surface area contributed by atoms with E-state index in [1.54, 1.807) is 37.4 Å². The number of hydrogen-bond donors (Lipinski definition) is 2. The SMILES string of the molecule is CCC/C=N/C(C)=C/C(=O)NC(=N)c1cc(N2C(=S)C(CCc3ccc(C#N)c(C(F)(F)F)c3)CC(=O)C23CCCC3)ccc1OCC. The van der Waals surface area contributed by atoms with Crippen LogP contribution in [0.1, 0.15) is 94.4 Å². The number of piperidine rings is 1. The summed E-state index contributed by atoms with van der Waals surface area (Å²) in [4.78, 5) is 33.3. The van der Waals surface area contributed by atoms with E-state index in [0.29, 0.717) is 59.1 Å². The van der Waals surface area contributed by atoms with Crippen molar-refractivity contribution in [1.82, 2.24) is 5.32 Å². The molecule has 2 aromatic carbocycles. The highest BCUT2D eigenvalue weighted by Crippen LogP contribution is 2.46. The number of hydrogen-bond acceptors (Lipinski definition) is 7. The van der Waals surface area contributed by atoms with Crippen molar-refractivity contribution in [2.45, 2.75) is 90.3 Å². The minimum atomic E-state index is -4.67. The molecule has 2 aliphatic rings. The zero-order chi connectivity index (χ0) is 35.1. The molecule has 0 bridgehead atoms. The Morgan fingerprint density at radius 2 is 1.96 bits per heavy atom. The fourth-order valence-electron chi connectivity index (χ4n) is 6.43. The molecule has 1 saturated heterocycles. The second-order valence-electron chi connectivity index (χ2n) is 12.1. The average molecular weight is 680 g/mol. The molecule has 0 aromatic heterocycles. The molecule has 2 fully saturated rings. The highest BCUT2D eigenvalue weighted by atomic mass is 32.1. The summed E-state index contributed by atoms with van der Waals surface area (Å²) in [6.45, 7) is 5.85. The molecule has 254 valence electrons.